The first-order valence-electron chi connectivity index (χ1n) is 4.31. The monoisotopic (exact) mass is 312 g/mol. The second-order valence-corrected chi connectivity index (χ2v) is 4.95. The fraction of sp³-hybridized carbons (Fsp3) is 0. The van der Waals surface area contributed by atoms with E-state index in [-0.39, 0.29) is 0 Å². The molecule has 0 aromatic heterocycles. The minimum atomic E-state index is 1.12. The van der Waals surface area contributed by atoms with Gasteiger partial charge in [-0.3, -0.25) is 0 Å². The normalized spacial score (nSPS) is 10.1. The van der Waals surface area contributed by atoms with Gasteiger partial charge in [0.2, 0.25) is 0 Å². The zero-order valence-corrected chi connectivity index (χ0v) is 10.9. The zero-order chi connectivity index (χ0) is 9.97. The third-order valence-corrected chi connectivity index (χ3v) is 3.35. The van der Waals surface area contributed by atoms with E-state index >= 15 is 0 Å². The average molecular weight is 312 g/mol. The van der Waals surface area contributed by atoms with Crippen LogP contribution in [-0.2, 0) is 0 Å². The van der Waals surface area contributed by atoms with E-state index in [1.807, 2.05) is 6.07 Å². The van der Waals surface area contributed by atoms with Crippen molar-refractivity contribution in [2.45, 2.75) is 0 Å². The Balaban J connectivity index is 2.55. The third-order valence-electron chi connectivity index (χ3n) is 2.04. The van der Waals surface area contributed by atoms with E-state index in [1.54, 1.807) is 0 Å². The molecule has 0 radical (unpaired) electrons. The standard InChI is InChI=1S/C12H9BrSe/c13-10-5-3-4-9(8-10)11-6-1-2-7-12(11)14/h1-8,14H. The molecule has 0 aliphatic rings. The van der Waals surface area contributed by atoms with Gasteiger partial charge in [0, 0.05) is 0 Å². The number of benzene rings is 2. The molecule has 0 unspecified atom stereocenters. The zero-order valence-electron chi connectivity index (χ0n) is 7.44. The van der Waals surface area contributed by atoms with Crippen molar-refractivity contribution in [3.8, 4) is 11.1 Å². The summed E-state index contributed by atoms with van der Waals surface area (Å²) in [5.41, 5.74) is 2.52. The van der Waals surface area contributed by atoms with Crippen molar-refractivity contribution < 1.29 is 0 Å². The van der Waals surface area contributed by atoms with E-state index in [0.717, 1.165) is 4.47 Å². The molecule has 0 amide bonds. The quantitative estimate of drug-likeness (QED) is 0.710. The molecule has 2 aromatic rings. The molecule has 2 rings (SSSR count). The summed E-state index contributed by atoms with van der Waals surface area (Å²) in [6, 6.07) is 16.7. The molecule has 0 saturated carbocycles. The SMILES string of the molecule is [SeH]c1ccccc1-c1cccc(Br)c1. The van der Waals surface area contributed by atoms with Gasteiger partial charge in [0.15, 0.2) is 0 Å². The topological polar surface area (TPSA) is 0 Å². The molecule has 0 fully saturated rings. The second kappa shape index (κ2) is 4.31. The summed E-state index contributed by atoms with van der Waals surface area (Å²) in [4.78, 5) is 0. The maximum atomic E-state index is 3.48. The predicted molar refractivity (Wildman–Crippen MR) is 66.4 cm³/mol. The summed E-state index contributed by atoms with van der Waals surface area (Å²) in [6.45, 7) is 0. The van der Waals surface area contributed by atoms with Crippen LogP contribution in [-0.4, -0.2) is 16.0 Å². The molecule has 0 atom stereocenters. The number of halogens is 1. The van der Waals surface area contributed by atoms with Crippen molar-refractivity contribution in [3.63, 3.8) is 0 Å². The van der Waals surface area contributed by atoms with Crippen molar-refractivity contribution in [2.75, 3.05) is 0 Å². The Bertz CT molecular complexity index is 452. The van der Waals surface area contributed by atoms with Crippen molar-refractivity contribution in [1.82, 2.24) is 0 Å². The summed E-state index contributed by atoms with van der Waals surface area (Å²) in [7, 11) is 0. The Kier molecular flexibility index (Phi) is 3.07. The van der Waals surface area contributed by atoms with E-state index in [4.69, 9.17) is 0 Å². The molecule has 0 nitrogen and oxygen atoms in total. The molecule has 70 valence electrons. The van der Waals surface area contributed by atoms with Crippen LogP contribution in [0.5, 0.6) is 0 Å². The number of hydrogen-bond donors (Lipinski definition) is 0. The van der Waals surface area contributed by atoms with Crippen molar-refractivity contribution in [3.05, 3.63) is 53.0 Å². The van der Waals surface area contributed by atoms with E-state index in [9.17, 15) is 0 Å². The average Bonchev–Trinajstić information content (AvgIpc) is 2.18. The van der Waals surface area contributed by atoms with Crippen molar-refractivity contribution in [2.24, 2.45) is 0 Å². The van der Waals surface area contributed by atoms with Crippen LogP contribution in [0.25, 0.3) is 11.1 Å². The molecule has 0 aliphatic heterocycles. The van der Waals surface area contributed by atoms with Gasteiger partial charge in [0.1, 0.15) is 0 Å². The molecule has 2 aromatic carbocycles. The van der Waals surface area contributed by atoms with Gasteiger partial charge in [-0.15, -0.1) is 0 Å². The molecular formula is C12H9BrSe. The van der Waals surface area contributed by atoms with E-state index in [0.29, 0.717) is 0 Å². The third kappa shape index (κ3) is 2.09. The van der Waals surface area contributed by atoms with Crippen LogP contribution in [0.4, 0.5) is 0 Å². The second-order valence-electron chi connectivity index (χ2n) is 3.03. The van der Waals surface area contributed by atoms with Gasteiger partial charge < -0.3 is 0 Å². The summed E-state index contributed by atoms with van der Waals surface area (Å²) < 4.78 is 2.36. The Labute approximate surface area is 100 Å². The summed E-state index contributed by atoms with van der Waals surface area (Å²) in [5.74, 6) is 0. The first-order chi connectivity index (χ1) is 6.77. The summed E-state index contributed by atoms with van der Waals surface area (Å²) in [5, 5.41) is 0. The molecule has 0 bridgehead atoms. The fourth-order valence-corrected chi connectivity index (χ4v) is 2.38. The predicted octanol–water partition coefficient (Wildman–Crippen LogP) is 2.64. The fourth-order valence-electron chi connectivity index (χ4n) is 1.37. The van der Waals surface area contributed by atoms with Crippen molar-refractivity contribution in [1.29, 1.82) is 0 Å². The van der Waals surface area contributed by atoms with Crippen LogP contribution < -0.4 is 4.46 Å². The minimum absolute atomic E-state index is 1.12. The molecular weight excluding hydrogens is 303 g/mol. The maximum absolute atomic E-state index is 3.48. The Morgan fingerprint density at radius 3 is 2.43 bits per heavy atom. The van der Waals surface area contributed by atoms with Gasteiger partial charge in [-0.2, -0.15) is 0 Å². The summed E-state index contributed by atoms with van der Waals surface area (Å²) >= 11 is 6.08. The Morgan fingerprint density at radius 2 is 1.71 bits per heavy atom. The molecule has 0 spiro atoms. The number of hydrogen-bond acceptors (Lipinski definition) is 0. The van der Waals surface area contributed by atoms with Gasteiger partial charge in [-0.25, -0.2) is 0 Å². The Morgan fingerprint density at radius 1 is 0.929 bits per heavy atom. The van der Waals surface area contributed by atoms with E-state index < -0.39 is 0 Å². The molecule has 0 heterocycles. The number of rotatable bonds is 1. The molecule has 0 aliphatic carbocycles. The van der Waals surface area contributed by atoms with Gasteiger partial charge in [-0.05, 0) is 0 Å². The first kappa shape index (κ1) is 9.97. The molecule has 0 N–H and O–H groups in total. The van der Waals surface area contributed by atoms with E-state index in [2.05, 4.69) is 74.4 Å². The van der Waals surface area contributed by atoms with Crippen LogP contribution in [0.15, 0.2) is 53.0 Å². The molecule has 2 heteroatoms. The van der Waals surface area contributed by atoms with Gasteiger partial charge in [0.25, 0.3) is 0 Å². The van der Waals surface area contributed by atoms with Gasteiger partial charge >= 0.3 is 101 Å². The van der Waals surface area contributed by atoms with E-state index in [1.165, 1.54) is 15.6 Å². The first-order valence-corrected chi connectivity index (χ1v) is 6.04. The van der Waals surface area contributed by atoms with Crippen LogP contribution in [0.3, 0.4) is 0 Å². The van der Waals surface area contributed by atoms with Gasteiger partial charge in [-0.1, -0.05) is 0 Å². The summed E-state index contributed by atoms with van der Waals surface area (Å²) in [6.07, 6.45) is 0. The van der Waals surface area contributed by atoms with Crippen LogP contribution in [0.2, 0.25) is 0 Å². The Hall–Kier alpha value is -0.561. The molecule has 14 heavy (non-hydrogen) atoms. The van der Waals surface area contributed by atoms with Crippen LogP contribution in [0.1, 0.15) is 0 Å². The van der Waals surface area contributed by atoms with Crippen molar-refractivity contribution >= 4 is 36.4 Å². The van der Waals surface area contributed by atoms with Crippen LogP contribution in [0, 0.1) is 0 Å². The van der Waals surface area contributed by atoms with Crippen LogP contribution >= 0.6 is 15.9 Å². The van der Waals surface area contributed by atoms with Gasteiger partial charge in [0.05, 0.1) is 0 Å². The molecule has 0 saturated heterocycles.